The second-order valence-electron chi connectivity index (χ2n) is 5.04. The molecule has 1 fully saturated rings. The fourth-order valence-corrected chi connectivity index (χ4v) is 2.48. The fourth-order valence-electron chi connectivity index (χ4n) is 2.48. The lowest BCUT2D eigenvalue weighted by atomic mass is 9.85. The van der Waals surface area contributed by atoms with E-state index in [1.54, 1.807) is 6.07 Å². The number of anilines is 1. The summed E-state index contributed by atoms with van der Waals surface area (Å²) in [5.74, 6) is -0.672. The third-order valence-corrected chi connectivity index (χ3v) is 3.60. The molecule has 2 rings (SSSR count). The van der Waals surface area contributed by atoms with Gasteiger partial charge in [-0.2, -0.15) is 0 Å². The Balaban J connectivity index is 2.00. The van der Waals surface area contributed by atoms with Crippen LogP contribution in [0.4, 0.5) is 5.69 Å². The Morgan fingerprint density at radius 3 is 2.83 bits per heavy atom. The highest BCUT2D eigenvalue weighted by atomic mass is 16.4. The number of benzene rings is 1. The summed E-state index contributed by atoms with van der Waals surface area (Å²) in [6.07, 6.45) is 3.35. The van der Waals surface area contributed by atoms with Crippen molar-refractivity contribution < 1.29 is 15.0 Å². The van der Waals surface area contributed by atoms with Gasteiger partial charge in [0.15, 0.2) is 0 Å². The molecule has 3 N–H and O–H groups in total. The van der Waals surface area contributed by atoms with Crippen LogP contribution in [0.3, 0.4) is 0 Å². The first kappa shape index (κ1) is 12.7. The van der Waals surface area contributed by atoms with Crippen molar-refractivity contribution in [3.05, 3.63) is 23.8 Å². The van der Waals surface area contributed by atoms with Crippen LogP contribution in [0.2, 0.25) is 0 Å². The zero-order valence-electron chi connectivity index (χ0n) is 10.5. The smallest absolute Gasteiger partial charge is 0.306 e. The van der Waals surface area contributed by atoms with Crippen molar-refractivity contribution >= 4 is 11.7 Å². The maximum Gasteiger partial charge on any atom is 0.306 e. The lowest BCUT2D eigenvalue weighted by Crippen LogP contribution is -2.30. The molecule has 18 heavy (non-hydrogen) atoms. The number of aliphatic carboxylic acids is 1. The number of hydrogen-bond donors (Lipinski definition) is 3. The van der Waals surface area contributed by atoms with E-state index in [-0.39, 0.29) is 17.7 Å². The van der Waals surface area contributed by atoms with Gasteiger partial charge in [-0.05, 0) is 37.8 Å². The maximum atomic E-state index is 11.0. The quantitative estimate of drug-likeness (QED) is 0.770. The Labute approximate surface area is 107 Å². The molecule has 0 radical (unpaired) electrons. The molecule has 0 spiro atoms. The van der Waals surface area contributed by atoms with Crippen molar-refractivity contribution in [3.63, 3.8) is 0 Å². The summed E-state index contributed by atoms with van der Waals surface area (Å²) in [6, 6.07) is 5.65. The molecule has 1 saturated carbocycles. The zero-order valence-corrected chi connectivity index (χ0v) is 10.5. The zero-order chi connectivity index (χ0) is 13.1. The van der Waals surface area contributed by atoms with Crippen LogP contribution >= 0.6 is 0 Å². The molecule has 4 nitrogen and oxygen atoms in total. The van der Waals surface area contributed by atoms with E-state index in [0.717, 1.165) is 30.5 Å². The van der Waals surface area contributed by atoms with E-state index in [1.165, 1.54) is 0 Å². The normalized spacial score (nSPS) is 23.6. The second-order valence-corrected chi connectivity index (χ2v) is 5.04. The van der Waals surface area contributed by atoms with Crippen molar-refractivity contribution in [3.8, 4) is 5.75 Å². The summed E-state index contributed by atoms with van der Waals surface area (Å²) < 4.78 is 0. The molecule has 0 amide bonds. The Bertz CT molecular complexity index is 445. The molecule has 1 aromatic carbocycles. The second kappa shape index (κ2) is 5.29. The van der Waals surface area contributed by atoms with Crippen LogP contribution < -0.4 is 5.32 Å². The van der Waals surface area contributed by atoms with Crippen molar-refractivity contribution in [1.82, 2.24) is 0 Å². The lowest BCUT2D eigenvalue weighted by Gasteiger charge is -2.28. The Hall–Kier alpha value is -1.71. The summed E-state index contributed by atoms with van der Waals surface area (Å²) in [4.78, 5) is 11.0. The number of nitrogens with one attached hydrogen (secondary N) is 1. The molecule has 2 unspecified atom stereocenters. The first-order valence-electron chi connectivity index (χ1n) is 6.35. The number of aryl methyl sites for hydroxylation is 1. The summed E-state index contributed by atoms with van der Waals surface area (Å²) in [7, 11) is 0. The van der Waals surface area contributed by atoms with Gasteiger partial charge in [0.1, 0.15) is 5.75 Å². The van der Waals surface area contributed by atoms with E-state index in [2.05, 4.69) is 5.32 Å². The van der Waals surface area contributed by atoms with Crippen molar-refractivity contribution in [2.45, 2.75) is 38.6 Å². The van der Waals surface area contributed by atoms with E-state index >= 15 is 0 Å². The number of rotatable bonds is 3. The third kappa shape index (κ3) is 2.94. The molecule has 1 aliphatic carbocycles. The van der Waals surface area contributed by atoms with Gasteiger partial charge in [0.05, 0.1) is 5.92 Å². The Morgan fingerprint density at radius 1 is 1.39 bits per heavy atom. The van der Waals surface area contributed by atoms with Gasteiger partial charge in [-0.1, -0.05) is 12.5 Å². The van der Waals surface area contributed by atoms with E-state index < -0.39 is 5.97 Å². The van der Waals surface area contributed by atoms with Crippen LogP contribution in [0.25, 0.3) is 0 Å². The van der Waals surface area contributed by atoms with Crippen LogP contribution in [0.5, 0.6) is 5.75 Å². The first-order valence-corrected chi connectivity index (χ1v) is 6.35. The summed E-state index contributed by atoms with van der Waals surface area (Å²) in [5, 5.41) is 22.0. The number of hydrogen-bond acceptors (Lipinski definition) is 3. The first-order chi connectivity index (χ1) is 8.56. The largest absolute Gasteiger partial charge is 0.508 e. The average Bonchev–Trinajstić information content (AvgIpc) is 2.34. The molecule has 98 valence electrons. The topological polar surface area (TPSA) is 69.6 Å². The molecule has 0 heterocycles. The Kier molecular flexibility index (Phi) is 3.75. The van der Waals surface area contributed by atoms with Gasteiger partial charge in [0.2, 0.25) is 0 Å². The predicted octanol–water partition coefficient (Wildman–Crippen LogP) is 2.76. The summed E-state index contributed by atoms with van der Waals surface area (Å²) in [5.41, 5.74) is 1.70. The highest BCUT2D eigenvalue weighted by Crippen LogP contribution is 2.28. The Morgan fingerprint density at radius 2 is 2.17 bits per heavy atom. The van der Waals surface area contributed by atoms with Gasteiger partial charge < -0.3 is 15.5 Å². The highest BCUT2D eigenvalue weighted by Gasteiger charge is 2.26. The van der Waals surface area contributed by atoms with E-state index in [9.17, 15) is 9.90 Å². The molecule has 0 aliphatic heterocycles. The van der Waals surface area contributed by atoms with Crippen LogP contribution in [-0.4, -0.2) is 22.2 Å². The monoisotopic (exact) mass is 249 g/mol. The minimum atomic E-state index is -0.701. The number of carbonyl (C=O) groups is 1. The summed E-state index contributed by atoms with van der Waals surface area (Å²) in [6.45, 7) is 1.85. The molecular formula is C14H19NO3. The van der Waals surface area contributed by atoms with E-state index in [0.29, 0.717) is 6.42 Å². The minimum absolute atomic E-state index is 0.182. The molecule has 1 aromatic rings. The number of carboxylic acid groups (broad SMARTS) is 1. The van der Waals surface area contributed by atoms with Crippen LogP contribution in [0.15, 0.2) is 18.2 Å². The van der Waals surface area contributed by atoms with E-state index in [1.807, 2.05) is 19.1 Å². The predicted molar refractivity (Wildman–Crippen MR) is 69.8 cm³/mol. The lowest BCUT2D eigenvalue weighted by molar-refractivity contribution is -0.142. The van der Waals surface area contributed by atoms with Crippen molar-refractivity contribution in [2.24, 2.45) is 5.92 Å². The minimum Gasteiger partial charge on any atom is -0.508 e. The third-order valence-electron chi connectivity index (χ3n) is 3.60. The molecule has 0 aromatic heterocycles. The van der Waals surface area contributed by atoms with Crippen molar-refractivity contribution in [2.75, 3.05) is 5.32 Å². The SMILES string of the molecule is Cc1ccc(NC2CCCC(C(=O)O)C2)cc1O. The standard InChI is InChI=1S/C14H19NO3/c1-9-5-6-12(8-13(9)16)15-11-4-2-3-10(7-11)14(17)18/h5-6,8,10-11,15-16H,2-4,7H2,1H3,(H,17,18). The fraction of sp³-hybridized carbons (Fsp3) is 0.500. The highest BCUT2D eigenvalue weighted by molar-refractivity contribution is 5.70. The number of aromatic hydroxyl groups is 1. The summed E-state index contributed by atoms with van der Waals surface area (Å²) >= 11 is 0. The van der Waals surface area contributed by atoms with Gasteiger partial charge in [-0.15, -0.1) is 0 Å². The molecule has 4 heteroatoms. The number of carboxylic acids is 1. The average molecular weight is 249 g/mol. The van der Waals surface area contributed by atoms with Gasteiger partial charge >= 0.3 is 5.97 Å². The van der Waals surface area contributed by atoms with Crippen LogP contribution in [0, 0.1) is 12.8 Å². The number of phenols is 1. The van der Waals surface area contributed by atoms with E-state index in [4.69, 9.17) is 5.11 Å². The van der Waals surface area contributed by atoms with Crippen molar-refractivity contribution in [1.29, 1.82) is 0 Å². The maximum absolute atomic E-state index is 11.0. The van der Waals surface area contributed by atoms with Gasteiger partial charge in [-0.3, -0.25) is 4.79 Å². The van der Waals surface area contributed by atoms with Gasteiger partial charge in [0.25, 0.3) is 0 Å². The molecule has 0 bridgehead atoms. The van der Waals surface area contributed by atoms with Gasteiger partial charge in [0, 0.05) is 17.8 Å². The molecule has 0 saturated heterocycles. The molecule has 1 aliphatic rings. The van der Waals surface area contributed by atoms with Crippen LogP contribution in [-0.2, 0) is 4.79 Å². The molecule has 2 atom stereocenters. The van der Waals surface area contributed by atoms with Gasteiger partial charge in [-0.25, -0.2) is 0 Å². The number of phenolic OH excluding ortho intramolecular Hbond substituents is 1. The van der Waals surface area contributed by atoms with Crippen LogP contribution in [0.1, 0.15) is 31.2 Å². The molecular weight excluding hydrogens is 230 g/mol.